The number of hydrogen-bond acceptors (Lipinski definition) is 3. The number of aryl methyl sites for hydroxylation is 1. The van der Waals surface area contributed by atoms with E-state index in [0.29, 0.717) is 11.3 Å². The van der Waals surface area contributed by atoms with Crippen LogP contribution in [0.15, 0.2) is 28.1 Å². The van der Waals surface area contributed by atoms with E-state index in [0.717, 1.165) is 14.2 Å². The SMILES string of the molecule is CNC(c1cc(C)c(Br)s1)c1c(F)cccc1OC. The Labute approximate surface area is 124 Å². The fourth-order valence-corrected chi connectivity index (χ4v) is 3.72. The summed E-state index contributed by atoms with van der Waals surface area (Å²) in [6.07, 6.45) is 0. The highest BCUT2D eigenvalue weighted by atomic mass is 79.9. The molecule has 0 fully saturated rings. The van der Waals surface area contributed by atoms with Crippen molar-refractivity contribution in [2.24, 2.45) is 0 Å². The Morgan fingerprint density at radius 3 is 2.68 bits per heavy atom. The number of thiophene rings is 1. The Balaban J connectivity index is 2.53. The number of methoxy groups -OCH3 is 1. The summed E-state index contributed by atoms with van der Waals surface area (Å²) in [4.78, 5) is 1.05. The van der Waals surface area contributed by atoms with Crippen molar-refractivity contribution in [3.05, 3.63) is 49.9 Å². The Morgan fingerprint density at radius 1 is 1.42 bits per heavy atom. The third-order valence-corrected chi connectivity index (χ3v) is 5.17. The number of hydrogen-bond donors (Lipinski definition) is 1. The summed E-state index contributed by atoms with van der Waals surface area (Å²) in [6.45, 7) is 2.02. The summed E-state index contributed by atoms with van der Waals surface area (Å²) in [5, 5.41) is 3.16. The van der Waals surface area contributed by atoms with Gasteiger partial charge in [0, 0.05) is 4.88 Å². The molecule has 1 heterocycles. The Kier molecular flexibility index (Phi) is 4.60. The topological polar surface area (TPSA) is 21.3 Å². The van der Waals surface area contributed by atoms with Crippen LogP contribution in [0, 0.1) is 12.7 Å². The summed E-state index contributed by atoms with van der Waals surface area (Å²) in [6, 6.07) is 6.73. The molecule has 0 amide bonds. The monoisotopic (exact) mass is 343 g/mol. The minimum Gasteiger partial charge on any atom is -0.496 e. The predicted molar refractivity (Wildman–Crippen MR) is 80.6 cm³/mol. The van der Waals surface area contributed by atoms with Crippen LogP contribution in [0.25, 0.3) is 0 Å². The fraction of sp³-hybridized carbons (Fsp3) is 0.286. The first-order chi connectivity index (χ1) is 9.08. The van der Waals surface area contributed by atoms with Crippen LogP contribution in [0.1, 0.15) is 22.0 Å². The Bertz CT molecular complexity index is 565. The molecule has 1 unspecified atom stereocenters. The van der Waals surface area contributed by atoms with Crippen LogP contribution in [0.5, 0.6) is 5.75 Å². The maximum atomic E-state index is 14.1. The molecule has 1 aromatic carbocycles. The van der Waals surface area contributed by atoms with Crippen molar-refractivity contribution in [2.45, 2.75) is 13.0 Å². The van der Waals surface area contributed by atoms with Crippen molar-refractivity contribution >= 4 is 27.3 Å². The molecule has 2 aromatic rings. The van der Waals surface area contributed by atoms with Crippen molar-refractivity contribution in [3.63, 3.8) is 0 Å². The molecular formula is C14H15BrFNOS. The molecule has 19 heavy (non-hydrogen) atoms. The maximum Gasteiger partial charge on any atom is 0.132 e. The van der Waals surface area contributed by atoms with Crippen molar-refractivity contribution in [1.29, 1.82) is 0 Å². The molecule has 2 rings (SSSR count). The fourth-order valence-electron chi connectivity index (χ4n) is 2.03. The Hall–Kier alpha value is -0.910. The highest BCUT2D eigenvalue weighted by molar-refractivity contribution is 9.11. The van der Waals surface area contributed by atoms with Gasteiger partial charge in [0.1, 0.15) is 11.6 Å². The van der Waals surface area contributed by atoms with Crippen LogP contribution < -0.4 is 10.1 Å². The van der Waals surface area contributed by atoms with Gasteiger partial charge in [-0.1, -0.05) is 6.07 Å². The number of rotatable bonds is 4. The molecule has 0 bridgehead atoms. The molecule has 5 heteroatoms. The van der Waals surface area contributed by atoms with E-state index in [1.807, 2.05) is 14.0 Å². The van der Waals surface area contributed by atoms with Gasteiger partial charge >= 0.3 is 0 Å². The van der Waals surface area contributed by atoms with Crippen molar-refractivity contribution < 1.29 is 9.13 Å². The third kappa shape index (κ3) is 2.83. The van der Waals surface area contributed by atoms with E-state index in [1.165, 1.54) is 6.07 Å². The number of nitrogens with one attached hydrogen (secondary N) is 1. The first-order valence-corrected chi connectivity index (χ1v) is 7.45. The molecular weight excluding hydrogens is 329 g/mol. The minimum absolute atomic E-state index is 0.217. The lowest BCUT2D eigenvalue weighted by Gasteiger charge is -2.18. The van der Waals surface area contributed by atoms with Gasteiger partial charge in [-0.15, -0.1) is 11.3 Å². The van der Waals surface area contributed by atoms with E-state index < -0.39 is 0 Å². The second-order valence-corrected chi connectivity index (χ2v) is 6.58. The largest absolute Gasteiger partial charge is 0.496 e. The standard InChI is InChI=1S/C14H15BrFNOS/c1-8-7-11(19-14(8)15)13(17-2)12-9(16)5-4-6-10(12)18-3/h4-7,13,17H,1-3H3. The van der Waals surface area contributed by atoms with Gasteiger partial charge in [-0.25, -0.2) is 4.39 Å². The van der Waals surface area contributed by atoms with E-state index in [2.05, 4.69) is 27.3 Å². The van der Waals surface area contributed by atoms with Gasteiger partial charge in [-0.05, 0) is 53.7 Å². The lowest BCUT2D eigenvalue weighted by atomic mass is 10.0. The van der Waals surface area contributed by atoms with E-state index in [9.17, 15) is 4.39 Å². The van der Waals surface area contributed by atoms with E-state index in [4.69, 9.17) is 4.74 Å². The molecule has 1 aromatic heterocycles. The van der Waals surface area contributed by atoms with Crippen LogP contribution in [0.4, 0.5) is 4.39 Å². The van der Waals surface area contributed by atoms with Crippen LogP contribution in [-0.4, -0.2) is 14.2 Å². The van der Waals surface area contributed by atoms with E-state index >= 15 is 0 Å². The van der Waals surface area contributed by atoms with E-state index in [-0.39, 0.29) is 11.9 Å². The molecule has 0 saturated heterocycles. The molecule has 2 nitrogen and oxygen atoms in total. The predicted octanol–water partition coefficient (Wildman–Crippen LogP) is 4.28. The molecule has 0 spiro atoms. The van der Waals surface area contributed by atoms with Crippen molar-refractivity contribution in [3.8, 4) is 5.75 Å². The van der Waals surface area contributed by atoms with Crippen LogP contribution in [-0.2, 0) is 0 Å². The molecule has 102 valence electrons. The van der Waals surface area contributed by atoms with Gasteiger partial charge in [-0.3, -0.25) is 0 Å². The molecule has 0 aliphatic heterocycles. The first-order valence-electron chi connectivity index (χ1n) is 5.84. The van der Waals surface area contributed by atoms with Crippen molar-refractivity contribution in [2.75, 3.05) is 14.2 Å². The highest BCUT2D eigenvalue weighted by Crippen LogP contribution is 2.38. The van der Waals surface area contributed by atoms with Crippen LogP contribution in [0.2, 0.25) is 0 Å². The molecule has 0 aliphatic carbocycles. The summed E-state index contributed by atoms with van der Waals surface area (Å²) in [5.41, 5.74) is 1.69. The minimum atomic E-state index is -0.263. The van der Waals surface area contributed by atoms with Gasteiger partial charge in [0.25, 0.3) is 0 Å². The normalized spacial score (nSPS) is 12.5. The summed E-state index contributed by atoms with van der Waals surface area (Å²) in [7, 11) is 3.38. The second kappa shape index (κ2) is 6.03. The first kappa shape index (κ1) is 14.5. The van der Waals surface area contributed by atoms with Crippen LogP contribution >= 0.6 is 27.3 Å². The van der Waals surface area contributed by atoms with Crippen LogP contribution in [0.3, 0.4) is 0 Å². The number of benzene rings is 1. The highest BCUT2D eigenvalue weighted by Gasteiger charge is 2.22. The summed E-state index contributed by atoms with van der Waals surface area (Å²) >= 11 is 5.11. The lowest BCUT2D eigenvalue weighted by Crippen LogP contribution is -2.18. The van der Waals surface area contributed by atoms with Gasteiger partial charge in [0.15, 0.2) is 0 Å². The average Bonchev–Trinajstić information content (AvgIpc) is 2.72. The van der Waals surface area contributed by atoms with Gasteiger partial charge in [0.2, 0.25) is 0 Å². The molecule has 1 N–H and O–H groups in total. The molecule has 0 saturated carbocycles. The second-order valence-electron chi connectivity index (χ2n) is 4.18. The average molecular weight is 344 g/mol. The third-order valence-electron chi connectivity index (χ3n) is 2.97. The quantitative estimate of drug-likeness (QED) is 0.894. The molecule has 1 atom stereocenters. The lowest BCUT2D eigenvalue weighted by molar-refractivity contribution is 0.399. The zero-order valence-corrected chi connectivity index (χ0v) is 13.4. The summed E-state index contributed by atoms with van der Waals surface area (Å²) in [5.74, 6) is 0.294. The summed E-state index contributed by atoms with van der Waals surface area (Å²) < 4.78 is 20.5. The number of ether oxygens (including phenoxy) is 1. The van der Waals surface area contributed by atoms with Gasteiger partial charge < -0.3 is 10.1 Å². The van der Waals surface area contributed by atoms with Gasteiger partial charge in [0.05, 0.1) is 22.5 Å². The van der Waals surface area contributed by atoms with Crippen molar-refractivity contribution in [1.82, 2.24) is 5.32 Å². The maximum absolute atomic E-state index is 14.1. The molecule has 0 aliphatic rings. The number of halogens is 2. The Morgan fingerprint density at radius 2 is 2.16 bits per heavy atom. The zero-order valence-electron chi connectivity index (χ0n) is 11.0. The smallest absolute Gasteiger partial charge is 0.132 e. The van der Waals surface area contributed by atoms with E-state index in [1.54, 1.807) is 30.6 Å². The zero-order chi connectivity index (χ0) is 14.0. The van der Waals surface area contributed by atoms with Gasteiger partial charge in [-0.2, -0.15) is 0 Å². The molecule has 0 radical (unpaired) electrons.